The molecule has 9 aromatic rings. The molecule has 0 aliphatic rings. The molecule has 224 valence electrons. The minimum absolute atomic E-state index is 0.949. The fourth-order valence-electron chi connectivity index (χ4n) is 7.02. The van der Waals surface area contributed by atoms with E-state index in [0.717, 1.165) is 33.5 Å². The van der Waals surface area contributed by atoms with Gasteiger partial charge >= 0.3 is 0 Å². The summed E-state index contributed by atoms with van der Waals surface area (Å²) < 4.78 is 0. The van der Waals surface area contributed by atoms with E-state index in [9.17, 15) is 0 Å². The highest BCUT2D eigenvalue weighted by molar-refractivity contribution is 6.25. The Bertz CT molecular complexity index is 2510. The summed E-state index contributed by atoms with van der Waals surface area (Å²) in [5.74, 6) is 0. The Kier molecular flexibility index (Phi) is 6.84. The molecule has 0 unspecified atom stereocenters. The van der Waals surface area contributed by atoms with Gasteiger partial charge in [0.25, 0.3) is 0 Å². The maximum absolute atomic E-state index is 4.66. The summed E-state index contributed by atoms with van der Waals surface area (Å²) >= 11 is 0. The molecule has 0 radical (unpaired) electrons. The SMILES string of the molecule is c1ccc(-c2cc(-c3cccnc3)cc(-c3cccc(-c4cccc(-c5ccc6c7ccccc7c7ccccc7c6c5)c4)c3)c2)nc1. The lowest BCUT2D eigenvalue weighted by Crippen LogP contribution is -1.89. The molecule has 0 spiro atoms. The maximum atomic E-state index is 4.66. The molecule has 2 nitrogen and oxygen atoms in total. The van der Waals surface area contributed by atoms with Crippen LogP contribution in [-0.4, -0.2) is 9.97 Å². The summed E-state index contributed by atoms with van der Waals surface area (Å²) in [6.07, 6.45) is 5.58. The predicted octanol–water partition coefficient (Wildman–Crippen LogP) is 12.3. The summed E-state index contributed by atoms with van der Waals surface area (Å²) in [6, 6.07) is 59.0. The summed E-state index contributed by atoms with van der Waals surface area (Å²) in [7, 11) is 0. The second-order valence-corrected chi connectivity index (χ2v) is 12.3. The van der Waals surface area contributed by atoms with Crippen LogP contribution in [-0.2, 0) is 0 Å². The number of hydrogen-bond donors (Lipinski definition) is 0. The molecule has 0 atom stereocenters. The molecule has 0 bridgehead atoms. The Labute approximate surface area is 279 Å². The van der Waals surface area contributed by atoms with Gasteiger partial charge in [-0.3, -0.25) is 9.97 Å². The van der Waals surface area contributed by atoms with Crippen molar-refractivity contribution in [2.45, 2.75) is 0 Å². The fraction of sp³-hybridized carbons (Fsp3) is 0. The Balaban J connectivity index is 1.14. The molecule has 48 heavy (non-hydrogen) atoms. The molecule has 0 amide bonds. The first-order valence-corrected chi connectivity index (χ1v) is 16.3. The highest BCUT2D eigenvalue weighted by Crippen LogP contribution is 2.38. The van der Waals surface area contributed by atoms with E-state index in [-0.39, 0.29) is 0 Å². The van der Waals surface area contributed by atoms with Gasteiger partial charge < -0.3 is 0 Å². The van der Waals surface area contributed by atoms with Crippen LogP contribution in [0.1, 0.15) is 0 Å². The van der Waals surface area contributed by atoms with Crippen LogP contribution < -0.4 is 0 Å². The van der Waals surface area contributed by atoms with Gasteiger partial charge in [0.05, 0.1) is 5.69 Å². The molecule has 0 aliphatic carbocycles. The van der Waals surface area contributed by atoms with Crippen LogP contribution in [0, 0.1) is 0 Å². The molecule has 9 rings (SSSR count). The minimum Gasteiger partial charge on any atom is -0.264 e. The van der Waals surface area contributed by atoms with Gasteiger partial charge in [0.1, 0.15) is 0 Å². The van der Waals surface area contributed by atoms with Crippen LogP contribution in [0.5, 0.6) is 0 Å². The van der Waals surface area contributed by atoms with Crippen molar-refractivity contribution in [3.05, 3.63) is 182 Å². The van der Waals surface area contributed by atoms with Gasteiger partial charge in [0, 0.05) is 29.7 Å². The molecule has 0 saturated heterocycles. The monoisotopic (exact) mass is 610 g/mol. The summed E-state index contributed by atoms with van der Waals surface area (Å²) in [6.45, 7) is 0. The summed E-state index contributed by atoms with van der Waals surface area (Å²) in [4.78, 5) is 9.04. The molecule has 0 aliphatic heterocycles. The zero-order chi connectivity index (χ0) is 31.9. The van der Waals surface area contributed by atoms with Crippen molar-refractivity contribution in [3.8, 4) is 55.8 Å². The van der Waals surface area contributed by atoms with E-state index in [2.05, 4.69) is 156 Å². The van der Waals surface area contributed by atoms with E-state index >= 15 is 0 Å². The number of pyridine rings is 2. The Morgan fingerprint density at radius 3 is 1.33 bits per heavy atom. The molecule has 0 N–H and O–H groups in total. The number of hydrogen-bond acceptors (Lipinski definition) is 2. The third kappa shape index (κ3) is 5.01. The zero-order valence-electron chi connectivity index (χ0n) is 26.2. The topological polar surface area (TPSA) is 25.8 Å². The third-order valence-corrected chi connectivity index (χ3v) is 9.36. The van der Waals surface area contributed by atoms with Gasteiger partial charge in [-0.25, -0.2) is 0 Å². The summed E-state index contributed by atoms with van der Waals surface area (Å²) in [5, 5.41) is 7.75. The lowest BCUT2D eigenvalue weighted by Gasteiger charge is -2.13. The first-order chi connectivity index (χ1) is 23.8. The van der Waals surface area contributed by atoms with Gasteiger partial charge in [-0.1, -0.05) is 109 Å². The van der Waals surface area contributed by atoms with E-state index in [1.54, 1.807) is 0 Å². The molecule has 2 heteroatoms. The largest absolute Gasteiger partial charge is 0.264 e. The quantitative estimate of drug-likeness (QED) is 0.181. The normalized spacial score (nSPS) is 11.3. The van der Waals surface area contributed by atoms with Crippen molar-refractivity contribution in [2.24, 2.45) is 0 Å². The molecular formula is C46H30N2. The van der Waals surface area contributed by atoms with Gasteiger partial charge in [-0.15, -0.1) is 0 Å². The molecule has 7 aromatic carbocycles. The van der Waals surface area contributed by atoms with Crippen molar-refractivity contribution in [2.75, 3.05) is 0 Å². The van der Waals surface area contributed by atoms with Crippen LogP contribution in [0.2, 0.25) is 0 Å². The summed E-state index contributed by atoms with van der Waals surface area (Å²) in [5.41, 5.74) is 11.3. The Morgan fingerprint density at radius 2 is 0.750 bits per heavy atom. The van der Waals surface area contributed by atoms with Crippen LogP contribution in [0.15, 0.2) is 182 Å². The lowest BCUT2D eigenvalue weighted by atomic mass is 9.91. The van der Waals surface area contributed by atoms with Crippen molar-refractivity contribution >= 4 is 32.3 Å². The molecule has 2 heterocycles. The molecule has 0 saturated carbocycles. The Hall–Kier alpha value is -6.38. The highest BCUT2D eigenvalue weighted by atomic mass is 14.7. The first kappa shape index (κ1) is 27.9. The van der Waals surface area contributed by atoms with Crippen LogP contribution in [0.25, 0.3) is 88.1 Å². The smallest absolute Gasteiger partial charge is 0.0702 e. The highest BCUT2D eigenvalue weighted by Gasteiger charge is 2.12. The fourth-order valence-corrected chi connectivity index (χ4v) is 7.02. The number of fused-ring (bicyclic) bond motifs is 6. The predicted molar refractivity (Wildman–Crippen MR) is 202 cm³/mol. The zero-order valence-corrected chi connectivity index (χ0v) is 26.2. The van der Waals surface area contributed by atoms with E-state index in [1.165, 1.54) is 54.6 Å². The van der Waals surface area contributed by atoms with Crippen LogP contribution >= 0.6 is 0 Å². The lowest BCUT2D eigenvalue weighted by molar-refractivity contribution is 1.32. The molecule has 0 fully saturated rings. The van der Waals surface area contributed by atoms with Crippen molar-refractivity contribution in [3.63, 3.8) is 0 Å². The van der Waals surface area contributed by atoms with Gasteiger partial charge in [-0.05, 0) is 126 Å². The molecular weight excluding hydrogens is 581 g/mol. The van der Waals surface area contributed by atoms with Gasteiger partial charge in [0.2, 0.25) is 0 Å². The second-order valence-electron chi connectivity index (χ2n) is 12.3. The molecule has 2 aromatic heterocycles. The van der Waals surface area contributed by atoms with E-state index in [0.29, 0.717) is 0 Å². The van der Waals surface area contributed by atoms with Crippen molar-refractivity contribution in [1.29, 1.82) is 0 Å². The number of benzene rings is 7. The second kappa shape index (κ2) is 11.8. The van der Waals surface area contributed by atoms with E-state index in [4.69, 9.17) is 0 Å². The standard InChI is InChI=1S/C46H30N2/c1-2-17-42-40(15-1)41-16-3-4-18-43(41)45-29-35(20-21-44(42)45)33-12-7-10-31(24-33)32-11-8-13-34(25-32)37-26-38(36-14-9-22-47-30-36)28-39(27-37)46-19-5-6-23-48-46/h1-30H. The van der Waals surface area contributed by atoms with E-state index < -0.39 is 0 Å². The number of rotatable bonds is 5. The maximum Gasteiger partial charge on any atom is 0.0702 e. The number of nitrogens with zero attached hydrogens (tertiary/aromatic N) is 2. The van der Waals surface area contributed by atoms with Gasteiger partial charge in [0.15, 0.2) is 0 Å². The average molecular weight is 611 g/mol. The van der Waals surface area contributed by atoms with E-state index in [1.807, 2.05) is 36.8 Å². The minimum atomic E-state index is 0.949. The average Bonchev–Trinajstić information content (AvgIpc) is 3.18. The van der Waals surface area contributed by atoms with Gasteiger partial charge in [-0.2, -0.15) is 0 Å². The van der Waals surface area contributed by atoms with Crippen LogP contribution in [0.4, 0.5) is 0 Å². The first-order valence-electron chi connectivity index (χ1n) is 16.3. The van der Waals surface area contributed by atoms with Crippen molar-refractivity contribution < 1.29 is 0 Å². The van der Waals surface area contributed by atoms with Crippen molar-refractivity contribution in [1.82, 2.24) is 9.97 Å². The third-order valence-electron chi connectivity index (χ3n) is 9.36. The Morgan fingerprint density at radius 1 is 0.271 bits per heavy atom. The van der Waals surface area contributed by atoms with Crippen LogP contribution in [0.3, 0.4) is 0 Å². The number of aromatic nitrogens is 2.